The molecule has 4 heteroatoms. The van der Waals surface area contributed by atoms with E-state index >= 15 is 0 Å². The predicted molar refractivity (Wildman–Crippen MR) is 55.2 cm³/mol. The summed E-state index contributed by atoms with van der Waals surface area (Å²) in [7, 11) is -0.682. The van der Waals surface area contributed by atoms with E-state index < -0.39 is 10.8 Å². The number of nitrogens with one attached hydrogen (secondary N) is 1. The minimum Gasteiger partial charge on any atom is -0.392 e. The van der Waals surface area contributed by atoms with Crippen molar-refractivity contribution in [2.75, 3.05) is 18.1 Å². The predicted octanol–water partition coefficient (Wildman–Crippen LogP) is 0.258. The highest BCUT2D eigenvalue weighted by atomic mass is 32.2. The van der Waals surface area contributed by atoms with Crippen molar-refractivity contribution in [1.82, 2.24) is 5.32 Å². The molecule has 0 heterocycles. The van der Waals surface area contributed by atoms with Crippen LogP contribution in [-0.2, 0) is 10.8 Å². The highest BCUT2D eigenvalue weighted by molar-refractivity contribution is 7.84. The molecule has 0 bridgehead atoms. The van der Waals surface area contributed by atoms with E-state index in [4.69, 9.17) is 0 Å². The molecule has 1 aliphatic rings. The van der Waals surface area contributed by atoms with Crippen molar-refractivity contribution < 1.29 is 9.32 Å². The molecule has 2 N–H and O–H groups in total. The zero-order valence-electron chi connectivity index (χ0n) is 8.16. The maximum Gasteiger partial charge on any atom is 0.0693 e. The van der Waals surface area contributed by atoms with Gasteiger partial charge in [-0.3, -0.25) is 4.21 Å². The molecule has 0 spiro atoms. The Morgan fingerprint density at radius 2 is 2.31 bits per heavy atom. The normalized spacial score (nSPS) is 30.6. The fourth-order valence-corrected chi connectivity index (χ4v) is 2.32. The lowest BCUT2D eigenvalue weighted by Gasteiger charge is -2.15. The smallest absolute Gasteiger partial charge is 0.0693 e. The van der Waals surface area contributed by atoms with Gasteiger partial charge in [0.2, 0.25) is 0 Å². The van der Waals surface area contributed by atoms with E-state index in [-0.39, 0.29) is 12.1 Å². The van der Waals surface area contributed by atoms with E-state index in [1.165, 1.54) is 0 Å². The van der Waals surface area contributed by atoms with Crippen molar-refractivity contribution in [3.8, 4) is 0 Å². The van der Waals surface area contributed by atoms with Gasteiger partial charge in [-0.25, -0.2) is 0 Å². The minimum atomic E-state index is -0.682. The summed E-state index contributed by atoms with van der Waals surface area (Å²) >= 11 is 0. The third-order valence-corrected chi connectivity index (χ3v) is 3.84. The highest BCUT2D eigenvalue weighted by Crippen LogP contribution is 2.18. The molecular weight excluding hydrogens is 186 g/mol. The van der Waals surface area contributed by atoms with Gasteiger partial charge in [0.25, 0.3) is 0 Å². The first-order chi connectivity index (χ1) is 6.24. The van der Waals surface area contributed by atoms with Crippen LogP contribution in [0.15, 0.2) is 0 Å². The van der Waals surface area contributed by atoms with Gasteiger partial charge in [-0.15, -0.1) is 0 Å². The van der Waals surface area contributed by atoms with Gasteiger partial charge in [-0.1, -0.05) is 6.92 Å². The molecule has 78 valence electrons. The first-order valence-corrected chi connectivity index (χ1v) is 6.49. The van der Waals surface area contributed by atoms with E-state index in [1.807, 2.05) is 6.92 Å². The van der Waals surface area contributed by atoms with Crippen molar-refractivity contribution in [2.45, 2.75) is 38.3 Å². The molecule has 3 atom stereocenters. The molecule has 13 heavy (non-hydrogen) atoms. The van der Waals surface area contributed by atoms with Gasteiger partial charge in [0.05, 0.1) is 6.10 Å². The van der Waals surface area contributed by atoms with Crippen molar-refractivity contribution in [3.63, 3.8) is 0 Å². The Labute approximate surface area is 82.4 Å². The lowest BCUT2D eigenvalue weighted by atomic mass is 10.2. The summed E-state index contributed by atoms with van der Waals surface area (Å²) in [5.41, 5.74) is 0. The SMILES string of the molecule is CCS(=O)CCN[C@@H]1CCC[C@H]1O. The summed E-state index contributed by atoms with van der Waals surface area (Å²) in [4.78, 5) is 0. The Morgan fingerprint density at radius 1 is 1.54 bits per heavy atom. The van der Waals surface area contributed by atoms with Gasteiger partial charge in [0.15, 0.2) is 0 Å². The number of rotatable bonds is 5. The number of hydrogen-bond acceptors (Lipinski definition) is 3. The van der Waals surface area contributed by atoms with Crippen molar-refractivity contribution in [1.29, 1.82) is 0 Å². The minimum absolute atomic E-state index is 0.185. The fourth-order valence-electron chi connectivity index (χ4n) is 1.68. The monoisotopic (exact) mass is 205 g/mol. The van der Waals surface area contributed by atoms with E-state index in [0.717, 1.165) is 31.6 Å². The maximum absolute atomic E-state index is 11.1. The Morgan fingerprint density at radius 3 is 2.85 bits per heavy atom. The molecular formula is C9H19NO2S. The Bertz CT molecular complexity index is 175. The van der Waals surface area contributed by atoms with Gasteiger partial charge in [0.1, 0.15) is 0 Å². The molecule has 0 amide bonds. The zero-order valence-corrected chi connectivity index (χ0v) is 8.98. The van der Waals surface area contributed by atoms with Crippen molar-refractivity contribution in [2.24, 2.45) is 0 Å². The Kier molecular flexibility index (Phi) is 4.91. The van der Waals surface area contributed by atoms with E-state index in [2.05, 4.69) is 5.32 Å². The van der Waals surface area contributed by atoms with Crippen LogP contribution >= 0.6 is 0 Å². The maximum atomic E-state index is 11.1. The van der Waals surface area contributed by atoms with E-state index in [1.54, 1.807) is 0 Å². The van der Waals surface area contributed by atoms with Crippen molar-refractivity contribution in [3.05, 3.63) is 0 Å². The van der Waals surface area contributed by atoms with E-state index in [9.17, 15) is 9.32 Å². The van der Waals surface area contributed by atoms with Gasteiger partial charge < -0.3 is 10.4 Å². The lowest BCUT2D eigenvalue weighted by molar-refractivity contribution is 0.150. The molecule has 1 unspecified atom stereocenters. The number of aliphatic hydroxyl groups is 1. The van der Waals surface area contributed by atoms with Crippen LogP contribution in [0.2, 0.25) is 0 Å². The third-order valence-electron chi connectivity index (χ3n) is 2.54. The average molecular weight is 205 g/mol. The second-order valence-electron chi connectivity index (χ2n) is 3.49. The van der Waals surface area contributed by atoms with Gasteiger partial charge in [-0.05, 0) is 19.3 Å². The van der Waals surface area contributed by atoms with Crippen LogP contribution in [0.25, 0.3) is 0 Å². The summed E-state index contributed by atoms with van der Waals surface area (Å²) < 4.78 is 11.1. The van der Waals surface area contributed by atoms with Crippen molar-refractivity contribution >= 4 is 10.8 Å². The van der Waals surface area contributed by atoms with E-state index in [0.29, 0.717) is 5.75 Å². The quantitative estimate of drug-likeness (QED) is 0.677. The molecule has 0 aromatic heterocycles. The van der Waals surface area contributed by atoms with Gasteiger partial charge in [-0.2, -0.15) is 0 Å². The van der Waals surface area contributed by atoms with Gasteiger partial charge in [0, 0.05) is 34.9 Å². The van der Waals surface area contributed by atoms with Crippen LogP contribution < -0.4 is 5.32 Å². The molecule has 0 aliphatic heterocycles. The first-order valence-electron chi connectivity index (χ1n) is 5.00. The van der Waals surface area contributed by atoms with Crippen LogP contribution in [-0.4, -0.2) is 39.5 Å². The summed E-state index contributed by atoms with van der Waals surface area (Å²) in [6.45, 7) is 2.70. The Hall–Kier alpha value is 0.0700. The molecule has 3 nitrogen and oxygen atoms in total. The molecule has 0 radical (unpaired) electrons. The highest BCUT2D eigenvalue weighted by Gasteiger charge is 2.24. The molecule has 1 aliphatic carbocycles. The Balaban J connectivity index is 2.08. The van der Waals surface area contributed by atoms with Crippen LogP contribution in [0.1, 0.15) is 26.2 Å². The first kappa shape index (κ1) is 11.1. The zero-order chi connectivity index (χ0) is 9.68. The molecule has 0 saturated heterocycles. The molecule has 1 fully saturated rings. The van der Waals surface area contributed by atoms with Crippen LogP contribution in [0, 0.1) is 0 Å². The third kappa shape index (κ3) is 3.75. The van der Waals surface area contributed by atoms with Crippen LogP contribution in [0.3, 0.4) is 0 Å². The van der Waals surface area contributed by atoms with Gasteiger partial charge >= 0.3 is 0 Å². The summed E-state index contributed by atoms with van der Waals surface area (Å²) in [6, 6.07) is 0.244. The van der Waals surface area contributed by atoms with Crippen LogP contribution in [0.5, 0.6) is 0 Å². The molecule has 0 aromatic carbocycles. The van der Waals surface area contributed by atoms with Crippen LogP contribution in [0.4, 0.5) is 0 Å². The number of aliphatic hydroxyl groups excluding tert-OH is 1. The second-order valence-corrected chi connectivity index (χ2v) is 5.36. The molecule has 1 rings (SSSR count). The topological polar surface area (TPSA) is 49.3 Å². The average Bonchev–Trinajstić information content (AvgIpc) is 2.52. The standard InChI is InChI=1S/C9H19NO2S/c1-2-13(12)7-6-10-8-4-3-5-9(8)11/h8-11H,2-7H2,1H3/t8-,9-,13?/m1/s1. The summed E-state index contributed by atoms with van der Waals surface area (Å²) in [6.07, 6.45) is 2.89. The fraction of sp³-hybridized carbons (Fsp3) is 1.00. The summed E-state index contributed by atoms with van der Waals surface area (Å²) in [5, 5.41) is 12.7. The lowest BCUT2D eigenvalue weighted by Crippen LogP contribution is -2.37. The summed E-state index contributed by atoms with van der Waals surface area (Å²) in [5.74, 6) is 1.44. The molecule has 0 aromatic rings. The molecule has 1 saturated carbocycles. The second kappa shape index (κ2) is 5.73. The largest absolute Gasteiger partial charge is 0.392 e. The number of hydrogen-bond donors (Lipinski definition) is 2.